The van der Waals surface area contributed by atoms with Gasteiger partial charge in [-0.05, 0) is 12.1 Å². The van der Waals surface area contributed by atoms with Crippen LogP contribution in [-0.2, 0) is 0 Å². The first-order chi connectivity index (χ1) is 7.60. The first-order valence-corrected chi connectivity index (χ1v) is 4.12. The molecule has 7 nitrogen and oxygen atoms in total. The van der Waals surface area contributed by atoms with Crippen molar-refractivity contribution in [3.8, 4) is 11.9 Å². The number of carbonyl (C=O) groups is 1. The van der Waals surface area contributed by atoms with Gasteiger partial charge in [0.1, 0.15) is 0 Å². The van der Waals surface area contributed by atoms with E-state index in [1.54, 1.807) is 0 Å². The molecular weight excluding hydrogens is 214 g/mol. The zero-order valence-electron chi connectivity index (χ0n) is 8.26. The molecule has 0 aliphatic heterocycles. The first-order valence-electron chi connectivity index (χ1n) is 4.12. The molecule has 0 unspecified atom stereocenters. The minimum Gasteiger partial charge on any atom is -0.490 e. The molecule has 0 saturated heterocycles. The normalized spacial score (nSPS) is 9.00. The fourth-order valence-electron chi connectivity index (χ4n) is 1.10. The summed E-state index contributed by atoms with van der Waals surface area (Å²) in [7, 11) is 1.29. The number of methoxy groups -OCH3 is 1. The van der Waals surface area contributed by atoms with Gasteiger partial charge >= 0.3 is 5.69 Å². The standard InChI is InChI=1S/C9H7N3O4/c1-16-8-3-2-6(9(13)11-5-10)4-7(8)12(14)15/h2-4H,1H3,(H,11,13). The van der Waals surface area contributed by atoms with Crippen LogP contribution in [0, 0.1) is 21.6 Å². The quantitative estimate of drug-likeness (QED) is 0.352. The SMILES string of the molecule is COc1ccc(C(=O)NC#N)cc1[N+](=O)[O-]. The topological polar surface area (TPSA) is 105 Å². The Bertz CT molecular complexity index is 478. The molecule has 0 radical (unpaired) electrons. The highest BCUT2D eigenvalue weighted by atomic mass is 16.6. The van der Waals surface area contributed by atoms with Gasteiger partial charge in [0.25, 0.3) is 5.91 Å². The summed E-state index contributed by atoms with van der Waals surface area (Å²) in [5.41, 5.74) is -0.304. The van der Waals surface area contributed by atoms with Gasteiger partial charge in [-0.3, -0.25) is 20.2 Å². The summed E-state index contributed by atoms with van der Waals surface area (Å²) in [5.74, 6) is -0.647. The number of nitro benzene ring substituents is 1. The average molecular weight is 221 g/mol. The number of hydrogen-bond acceptors (Lipinski definition) is 5. The number of nitrogens with zero attached hydrogens (tertiary/aromatic N) is 2. The molecule has 0 aromatic heterocycles. The highest BCUT2D eigenvalue weighted by Gasteiger charge is 2.17. The number of carbonyl (C=O) groups excluding carboxylic acids is 1. The first kappa shape index (κ1) is 11.5. The van der Waals surface area contributed by atoms with Crippen molar-refractivity contribution in [1.29, 1.82) is 5.26 Å². The minimum atomic E-state index is -0.701. The fourth-order valence-corrected chi connectivity index (χ4v) is 1.10. The summed E-state index contributed by atoms with van der Waals surface area (Å²) >= 11 is 0. The van der Waals surface area contributed by atoms with Gasteiger partial charge in [0, 0.05) is 11.6 Å². The molecule has 0 heterocycles. The Morgan fingerprint density at radius 1 is 1.62 bits per heavy atom. The van der Waals surface area contributed by atoms with Crippen LogP contribution in [0.3, 0.4) is 0 Å². The van der Waals surface area contributed by atoms with E-state index >= 15 is 0 Å². The third-order valence-electron chi connectivity index (χ3n) is 1.81. The summed E-state index contributed by atoms with van der Waals surface area (Å²) in [5, 5.41) is 20.7. The van der Waals surface area contributed by atoms with Crippen molar-refractivity contribution in [2.75, 3.05) is 7.11 Å². The number of nitrogens with one attached hydrogen (secondary N) is 1. The van der Waals surface area contributed by atoms with Crippen molar-refractivity contribution >= 4 is 11.6 Å². The Balaban J connectivity index is 3.17. The van der Waals surface area contributed by atoms with Crippen molar-refractivity contribution in [2.24, 2.45) is 0 Å². The molecular formula is C9H7N3O4. The maximum absolute atomic E-state index is 11.2. The molecule has 7 heteroatoms. The van der Waals surface area contributed by atoms with Crippen LogP contribution in [-0.4, -0.2) is 17.9 Å². The molecule has 0 saturated carbocycles. The molecule has 0 atom stereocenters. The highest BCUT2D eigenvalue weighted by Crippen LogP contribution is 2.27. The summed E-state index contributed by atoms with van der Waals surface area (Å²) in [6.07, 6.45) is 1.44. The van der Waals surface area contributed by atoms with Gasteiger partial charge in [0.15, 0.2) is 11.9 Å². The zero-order valence-corrected chi connectivity index (χ0v) is 8.26. The second-order valence-electron chi connectivity index (χ2n) is 2.71. The lowest BCUT2D eigenvalue weighted by Crippen LogP contribution is -2.17. The largest absolute Gasteiger partial charge is 0.490 e. The van der Waals surface area contributed by atoms with Crippen LogP contribution in [0.4, 0.5) is 5.69 Å². The maximum Gasteiger partial charge on any atom is 0.311 e. The van der Waals surface area contributed by atoms with Crippen molar-refractivity contribution < 1.29 is 14.5 Å². The number of benzene rings is 1. The molecule has 1 rings (SSSR count). The molecule has 0 aliphatic carbocycles. The van der Waals surface area contributed by atoms with Crippen molar-refractivity contribution in [3.63, 3.8) is 0 Å². The van der Waals surface area contributed by atoms with E-state index in [-0.39, 0.29) is 17.0 Å². The monoisotopic (exact) mass is 221 g/mol. The van der Waals surface area contributed by atoms with Crippen LogP contribution >= 0.6 is 0 Å². The van der Waals surface area contributed by atoms with Gasteiger partial charge in [0.2, 0.25) is 0 Å². The summed E-state index contributed by atoms with van der Waals surface area (Å²) < 4.78 is 4.76. The number of ether oxygens (including phenoxy) is 1. The number of nitro groups is 1. The predicted molar refractivity (Wildman–Crippen MR) is 52.7 cm³/mol. The Labute approximate surface area is 90.4 Å². The van der Waals surface area contributed by atoms with Crippen molar-refractivity contribution in [2.45, 2.75) is 0 Å². The second-order valence-corrected chi connectivity index (χ2v) is 2.71. The fraction of sp³-hybridized carbons (Fsp3) is 0.111. The van der Waals surface area contributed by atoms with E-state index < -0.39 is 10.8 Å². The number of nitriles is 1. The number of amides is 1. The zero-order chi connectivity index (χ0) is 12.1. The summed E-state index contributed by atoms with van der Waals surface area (Å²) in [6, 6.07) is 3.68. The summed E-state index contributed by atoms with van der Waals surface area (Å²) in [6.45, 7) is 0. The molecule has 0 aliphatic rings. The Morgan fingerprint density at radius 3 is 2.81 bits per heavy atom. The third kappa shape index (κ3) is 2.24. The van der Waals surface area contributed by atoms with Gasteiger partial charge in [-0.25, -0.2) is 0 Å². The predicted octanol–water partition coefficient (Wildman–Crippen LogP) is 0.814. The number of rotatable bonds is 3. The van der Waals surface area contributed by atoms with Gasteiger partial charge in [0.05, 0.1) is 12.0 Å². The molecule has 1 amide bonds. The maximum atomic E-state index is 11.2. The lowest BCUT2D eigenvalue weighted by Gasteiger charge is -2.02. The third-order valence-corrected chi connectivity index (χ3v) is 1.81. The van der Waals surface area contributed by atoms with E-state index in [1.807, 2.05) is 5.32 Å². The molecule has 1 N–H and O–H groups in total. The smallest absolute Gasteiger partial charge is 0.311 e. The molecule has 0 fully saturated rings. The highest BCUT2D eigenvalue weighted by molar-refractivity contribution is 5.96. The Kier molecular flexibility index (Phi) is 3.40. The molecule has 1 aromatic carbocycles. The molecule has 0 bridgehead atoms. The van der Waals surface area contributed by atoms with E-state index in [4.69, 9.17) is 10.00 Å². The minimum absolute atomic E-state index is 0.0223. The van der Waals surface area contributed by atoms with Gasteiger partial charge in [-0.1, -0.05) is 0 Å². The molecule has 0 spiro atoms. The Morgan fingerprint density at radius 2 is 2.31 bits per heavy atom. The molecule has 16 heavy (non-hydrogen) atoms. The van der Waals surface area contributed by atoms with Gasteiger partial charge < -0.3 is 4.74 Å². The number of hydrogen-bond donors (Lipinski definition) is 1. The average Bonchev–Trinajstić information content (AvgIpc) is 2.28. The van der Waals surface area contributed by atoms with Crippen LogP contribution in [0.1, 0.15) is 10.4 Å². The van der Waals surface area contributed by atoms with Crippen LogP contribution in [0.5, 0.6) is 5.75 Å². The van der Waals surface area contributed by atoms with Crippen molar-refractivity contribution in [3.05, 3.63) is 33.9 Å². The lowest BCUT2D eigenvalue weighted by molar-refractivity contribution is -0.385. The van der Waals surface area contributed by atoms with Gasteiger partial charge in [-0.15, -0.1) is 0 Å². The lowest BCUT2D eigenvalue weighted by atomic mass is 10.2. The molecule has 82 valence electrons. The van der Waals surface area contributed by atoms with Crippen molar-refractivity contribution in [1.82, 2.24) is 5.32 Å². The second kappa shape index (κ2) is 4.75. The van der Waals surface area contributed by atoms with E-state index in [9.17, 15) is 14.9 Å². The van der Waals surface area contributed by atoms with Crippen LogP contribution in [0.2, 0.25) is 0 Å². The van der Waals surface area contributed by atoms with Crippen LogP contribution < -0.4 is 10.1 Å². The van der Waals surface area contributed by atoms with E-state index in [0.29, 0.717) is 0 Å². The van der Waals surface area contributed by atoms with Crippen LogP contribution in [0.25, 0.3) is 0 Å². The van der Waals surface area contributed by atoms with E-state index in [2.05, 4.69) is 0 Å². The van der Waals surface area contributed by atoms with Gasteiger partial charge in [-0.2, -0.15) is 5.26 Å². The summed E-state index contributed by atoms with van der Waals surface area (Å²) in [4.78, 5) is 21.2. The van der Waals surface area contributed by atoms with E-state index in [1.165, 1.54) is 25.4 Å². The van der Waals surface area contributed by atoms with E-state index in [0.717, 1.165) is 6.07 Å². The molecule has 1 aromatic rings. The van der Waals surface area contributed by atoms with Crippen LogP contribution in [0.15, 0.2) is 18.2 Å². The Hall–Kier alpha value is -2.62.